The molecule has 0 unspecified atom stereocenters. The topological polar surface area (TPSA) is 75.7 Å². The molecule has 134 valence electrons. The molecule has 0 radical (unpaired) electrons. The van der Waals surface area contributed by atoms with Gasteiger partial charge in [-0.15, -0.1) is 0 Å². The average molecular weight is 352 g/mol. The Kier molecular flexibility index (Phi) is 5.02. The summed E-state index contributed by atoms with van der Waals surface area (Å²) in [5.74, 6) is -0.468. The molecule has 0 aromatic heterocycles. The Balaban J connectivity index is 1.84. The highest BCUT2D eigenvalue weighted by Crippen LogP contribution is 2.26. The summed E-state index contributed by atoms with van der Waals surface area (Å²) in [7, 11) is 1.52. The predicted octanol–water partition coefficient (Wildman–Crippen LogP) is 3.34. The molecule has 3 rings (SSSR count). The smallest absolute Gasteiger partial charge is 0.261 e. The molecule has 1 aliphatic rings. The highest BCUT2D eigenvalue weighted by molar-refractivity contribution is 6.22. The normalized spacial score (nSPS) is 12.9. The van der Waals surface area contributed by atoms with Crippen molar-refractivity contribution in [3.63, 3.8) is 0 Å². The Morgan fingerprint density at radius 3 is 2.54 bits per heavy atom. The minimum atomic E-state index is -0.371. The minimum absolute atomic E-state index is 0.277. The maximum absolute atomic E-state index is 12.5. The second kappa shape index (κ2) is 7.39. The van der Waals surface area contributed by atoms with Crippen molar-refractivity contribution < 1.29 is 19.1 Å². The molecule has 0 saturated heterocycles. The fraction of sp³-hybridized carbons (Fsp3) is 0.250. The SMILES string of the molecule is CCCCN1C(=O)c2ccc(C(=O)Nc3ccccc3OC)cc2C1=O. The summed E-state index contributed by atoms with van der Waals surface area (Å²) in [6.07, 6.45) is 1.65. The van der Waals surface area contributed by atoms with Crippen molar-refractivity contribution in [2.45, 2.75) is 19.8 Å². The first-order valence-corrected chi connectivity index (χ1v) is 8.51. The Bertz CT molecular complexity index is 876. The lowest BCUT2D eigenvalue weighted by Gasteiger charge is -2.12. The maximum Gasteiger partial charge on any atom is 0.261 e. The number of carbonyl (C=O) groups is 3. The number of nitrogens with one attached hydrogen (secondary N) is 1. The third-order valence-electron chi connectivity index (χ3n) is 4.32. The number of methoxy groups -OCH3 is 1. The third-order valence-corrected chi connectivity index (χ3v) is 4.32. The molecule has 26 heavy (non-hydrogen) atoms. The highest BCUT2D eigenvalue weighted by Gasteiger charge is 2.35. The van der Waals surface area contributed by atoms with Crippen molar-refractivity contribution in [2.75, 3.05) is 19.0 Å². The van der Waals surface area contributed by atoms with E-state index in [2.05, 4.69) is 5.32 Å². The third kappa shape index (κ3) is 3.18. The van der Waals surface area contributed by atoms with E-state index in [-0.39, 0.29) is 23.3 Å². The van der Waals surface area contributed by atoms with Gasteiger partial charge in [0.1, 0.15) is 5.75 Å². The van der Waals surface area contributed by atoms with Crippen LogP contribution in [-0.4, -0.2) is 36.3 Å². The van der Waals surface area contributed by atoms with E-state index in [0.717, 1.165) is 12.8 Å². The van der Waals surface area contributed by atoms with Gasteiger partial charge in [0.05, 0.1) is 23.9 Å². The van der Waals surface area contributed by atoms with Crippen LogP contribution in [0.15, 0.2) is 42.5 Å². The predicted molar refractivity (Wildman–Crippen MR) is 97.7 cm³/mol. The minimum Gasteiger partial charge on any atom is -0.495 e. The van der Waals surface area contributed by atoms with Crippen molar-refractivity contribution in [3.8, 4) is 5.75 Å². The van der Waals surface area contributed by atoms with Crippen LogP contribution in [-0.2, 0) is 0 Å². The zero-order valence-corrected chi connectivity index (χ0v) is 14.7. The van der Waals surface area contributed by atoms with Crippen LogP contribution in [0.3, 0.4) is 0 Å². The first-order chi connectivity index (χ1) is 12.6. The zero-order valence-electron chi connectivity index (χ0n) is 14.7. The lowest BCUT2D eigenvalue weighted by molar-refractivity contribution is 0.0652. The molecule has 0 bridgehead atoms. The van der Waals surface area contributed by atoms with E-state index in [9.17, 15) is 14.4 Å². The van der Waals surface area contributed by atoms with Crippen LogP contribution in [0.2, 0.25) is 0 Å². The second-order valence-electron chi connectivity index (χ2n) is 6.03. The van der Waals surface area contributed by atoms with Crippen LogP contribution >= 0.6 is 0 Å². The van der Waals surface area contributed by atoms with E-state index in [1.165, 1.54) is 18.1 Å². The molecule has 2 aromatic carbocycles. The summed E-state index contributed by atoms with van der Waals surface area (Å²) >= 11 is 0. The number of carbonyl (C=O) groups excluding carboxylic acids is 3. The van der Waals surface area contributed by atoms with E-state index in [1.54, 1.807) is 36.4 Å². The Labute approximate surface area is 151 Å². The molecule has 2 aromatic rings. The fourth-order valence-electron chi connectivity index (χ4n) is 2.89. The Morgan fingerprint density at radius 1 is 1.08 bits per heavy atom. The zero-order chi connectivity index (χ0) is 18.7. The molecule has 0 fully saturated rings. The number of para-hydroxylation sites is 2. The summed E-state index contributed by atoms with van der Waals surface area (Å²) in [4.78, 5) is 38.7. The van der Waals surface area contributed by atoms with E-state index in [1.807, 2.05) is 6.92 Å². The number of benzene rings is 2. The van der Waals surface area contributed by atoms with E-state index in [4.69, 9.17) is 4.74 Å². The van der Waals surface area contributed by atoms with Gasteiger partial charge in [-0.25, -0.2) is 0 Å². The quantitative estimate of drug-likeness (QED) is 0.809. The van der Waals surface area contributed by atoms with Crippen LogP contribution in [0.25, 0.3) is 0 Å². The van der Waals surface area contributed by atoms with Crippen LogP contribution in [0.1, 0.15) is 50.8 Å². The summed E-state index contributed by atoms with van der Waals surface area (Å²) in [5, 5.41) is 2.77. The van der Waals surface area contributed by atoms with Crippen molar-refractivity contribution >= 4 is 23.4 Å². The molecular weight excluding hydrogens is 332 g/mol. The highest BCUT2D eigenvalue weighted by atomic mass is 16.5. The molecule has 1 aliphatic heterocycles. The summed E-state index contributed by atoms with van der Waals surface area (Å²) in [5.41, 5.74) is 1.47. The first-order valence-electron chi connectivity index (χ1n) is 8.51. The molecule has 6 nitrogen and oxygen atoms in total. The van der Waals surface area contributed by atoms with E-state index < -0.39 is 0 Å². The van der Waals surface area contributed by atoms with Crippen molar-refractivity contribution in [1.82, 2.24) is 4.90 Å². The number of imide groups is 1. The number of anilines is 1. The van der Waals surface area contributed by atoms with Crippen LogP contribution in [0, 0.1) is 0 Å². The largest absolute Gasteiger partial charge is 0.495 e. The van der Waals surface area contributed by atoms with Crippen molar-refractivity contribution in [3.05, 3.63) is 59.2 Å². The number of unbranched alkanes of at least 4 members (excludes halogenated alkanes) is 1. The number of hydrogen-bond donors (Lipinski definition) is 1. The van der Waals surface area contributed by atoms with Gasteiger partial charge < -0.3 is 10.1 Å². The summed E-state index contributed by atoms with van der Waals surface area (Å²) in [6, 6.07) is 11.6. The standard InChI is InChI=1S/C20H20N2O4/c1-3-4-11-22-19(24)14-10-9-13(12-15(14)20(22)25)18(23)21-16-7-5-6-8-17(16)26-2/h5-10,12H,3-4,11H2,1-2H3,(H,21,23). The number of hydrogen-bond acceptors (Lipinski definition) is 4. The van der Waals surface area contributed by atoms with Gasteiger partial charge in [0, 0.05) is 12.1 Å². The number of fused-ring (bicyclic) bond motifs is 1. The van der Waals surface area contributed by atoms with Gasteiger partial charge in [0.2, 0.25) is 0 Å². The Hall–Kier alpha value is -3.15. The van der Waals surface area contributed by atoms with Crippen LogP contribution < -0.4 is 10.1 Å². The Morgan fingerprint density at radius 2 is 1.81 bits per heavy atom. The molecular formula is C20H20N2O4. The van der Waals surface area contributed by atoms with E-state index >= 15 is 0 Å². The van der Waals surface area contributed by atoms with Gasteiger partial charge in [-0.3, -0.25) is 19.3 Å². The number of ether oxygens (including phenoxy) is 1. The van der Waals surface area contributed by atoms with Crippen LogP contribution in [0.4, 0.5) is 5.69 Å². The maximum atomic E-state index is 12.5. The molecule has 6 heteroatoms. The van der Waals surface area contributed by atoms with Crippen molar-refractivity contribution in [2.24, 2.45) is 0 Å². The first kappa shape index (κ1) is 17.7. The molecule has 3 amide bonds. The average Bonchev–Trinajstić information content (AvgIpc) is 2.90. The van der Waals surface area contributed by atoms with Gasteiger partial charge >= 0.3 is 0 Å². The van der Waals surface area contributed by atoms with Gasteiger partial charge in [-0.1, -0.05) is 25.5 Å². The van der Waals surface area contributed by atoms with Crippen molar-refractivity contribution in [1.29, 1.82) is 0 Å². The summed E-state index contributed by atoms with van der Waals surface area (Å²) in [6.45, 7) is 2.39. The van der Waals surface area contributed by atoms with Crippen LogP contribution in [0.5, 0.6) is 5.75 Å². The summed E-state index contributed by atoms with van der Waals surface area (Å²) < 4.78 is 5.22. The van der Waals surface area contributed by atoms with Gasteiger partial charge in [-0.2, -0.15) is 0 Å². The lowest BCUT2D eigenvalue weighted by atomic mass is 10.1. The van der Waals surface area contributed by atoms with E-state index in [0.29, 0.717) is 29.1 Å². The number of amides is 3. The molecule has 1 N–H and O–H groups in total. The number of nitrogens with zero attached hydrogens (tertiary/aromatic N) is 1. The molecule has 1 heterocycles. The second-order valence-corrected chi connectivity index (χ2v) is 6.03. The number of rotatable bonds is 6. The molecule has 0 saturated carbocycles. The molecule has 0 atom stereocenters. The lowest BCUT2D eigenvalue weighted by Crippen LogP contribution is -2.30. The van der Waals surface area contributed by atoms with Gasteiger partial charge in [0.25, 0.3) is 17.7 Å². The molecule has 0 spiro atoms. The fourth-order valence-corrected chi connectivity index (χ4v) is 2.89. The van der Waals surface area contributed by atoms with Gasteiger partial charge in [0.15, 0.2) is 0 Å². The molecule has 0 aliphatic carbocycles. The van der Waals surface area contributed by atoms with Gasteiger partial charge in [-0.05, 0) is 36.8 Å². The monoisotopic (exact) mass is 352 g/mol.